The fourth-order valence-corrected chi connectivity index (χ4v) is 6.66. The Morgan fingerprint density at radius 2 is 1.48 bits per heavy atom. The van der Waals surface area contributed by atoms with Crippen molar-refractivity contribution in [1.82, 2.24) is 10.3 Å². The average Bonchev–Trinajstić information content (AvgIpc) is 3.41. The summed E-state index contributed by atoms with van der Waals surface area (Å²) >= 11 is 3.32. The maximum absolute atomic E-state index is 13.2. The largest absolute Gasteiger partial charge is 0.348 e. The van der Waals surface area contributed by atoms with Crippen LogP contribution in [0.25, 0.3) is 21.0 Å². The van der Waals surface area contributed by atoms with Crippen molar-refractivity contribution in [2.75, 3.05) is 5.32 Å². The summed E-state index contributed by atoms with van der Waals surface area (Å²) in [5, 5.41) is 8.37. The number of carbonyl (C=O) groups excluding carboxylic acids is 2. The van der Waals surface area contributed by atoms with Crippen LogP contribution in [0, 0.1) is 0 Å². The third kappa shape index (κ3) is 5.76. The Labute approximate surface area is 240 Å². The first-order valence-electron chi connectivity index (χ1n) is 12.9. The van der Waals surface area contributed by atoms with Crippen molar-refractivity contribution >= 4 is 61.6 Å². The van der Waals surface area contributed by atoms with Gasteiger partial charge in [0.1, 0.15) is 0 Å². The van der Waals surface area contributed by atoms with Gasteiger partial charge in [0, 0.05) is 18.0 Å². The molecule has 6 aromatic rings. The molecule has 5 aromatic carbocycles. The molecule has 1 heterocycles. The molecule has 0 aliphatic heterocycles. The van der Waals surface area contributed by atoms with E-state index in [0.717, 1.165) is 25.9 Å². The summed E-state index contributed by atoms with van der Waals surface area (Å²) in [5.74, 6) is 0.203. The number of thiazole rings is 1. The summed E-state index contributed by atoms with van der Waals surface area (Å²) in [5.41, 5.74) is 4.48. The summed E-state index contributed by atoms with van der Waals surface area (Å²) in [7, 11) is 0. The van der Waals surface area contributed by atoms with E-state index in [9.17, 15) is 9.59 Å². The quantitative estimate of drug-likeness (QED) is 0.186. The van der Waals surface area contributed by atoms with Crippen LogP contribution in [0.3, 0.4) is 0 Å². The van der Waals surface area contributed by atoms with E-state index >= 15 is 0 Å². The van der Waals surface area contributed by atoms with E-state index in [0.29, 0.717) is 23.4 Å². The second-order valence-electron chi connectivity index (χ2n) is 9.26. The fourth-order valence-electron chi connectivity index (χ4n) is 4.55. The summed E-state index contributed by atoms with van der Waals surface area (Å²) in [6.07, 6.45) is 0. The lowest BCUT2D eigenvalue weighted by atomic mass is 10.1. The molecule has 7 heteroatoms. The van der Waals surface area contributed by atoms with Gasteiger partial charge < -0.3 is 10.6 Å². The monoisotopic (exact) mass is 559 g/mol. The molecular formula is C33H25N3O2S2. The zero-order chi connectivity index (χ0) is 27.3. The van der Waals surface area contributed by atoms with E-state index < -0.39 is 0 Å². The number of anilines is 1. The van der Waals surface area contributed by atoms with Crippen LogP contribution >= 0.6 is 23.1 Å². The topological polar surface area (TPSA) is 71.1 Å². The van der Waals surface area contributed by atoms with Gasteiger partial charge in [-0.1, -0.05) is 96.7 Å². The van der Waals surface area contributed by atoms with E-state index in [2.05, 4.69) is 53.1 Å². The number of rotatable bonds is 8. The van der Waals surface area contributed by atoms with Crippen molar-refractivity contribution in [2.45, 2.75) is 16.6 Å². The minimum absolute atomic E-state index is 0.291. The van der Waals surface area contributed by atoms with Crippen LogP contribution in [0.4, 0.5) is 5.69 Å². The fraction of sp³-hybridized carbons (Fsp3) is 0.0606. The van der Waals surface area contributed by atoms with Crippen LogP contribution in [0.1, 0.15) is 31.8 Å². The highest BCUT2D eigenvalue weighted by Gasteiger charge is 2.17. The number of benzene rings is 5. The Balaban J connectivity index is 1.14. The van der Waals surface area contributed by atoms with E-state index in [1.54, 1.807) is 47.4 Å². The highest BCUT2D eigenvalue weighted by molar-refractivity contribution is 8.00. The van der Waals surface area contributed by atoms with Gasteiger partial charge in [-0.05, 0) is 52.2 Å². The lowest BCUT2D eigenvalue weighted by Gasteiger charge is -2.11. The summed E-state index contributed by atoms with van der Waals surface area (Å²) in [6, 6.07) is 37.0. The molecular weight excluding hydrogens is 535 g/mol. The third-order valence-electron chi connectivity index (χ3n) is 6.57. The van der Waals surface area contributed by atoms with Crippen LogP contribution in [-0.4, -0.2) is 16.8 Å². The number of nitrogens with one attached hydrogen (secondary N) is 2. The molecule has 1 aromatic heterocycles. The minimum Gasteiger partial charge on any atom is -0.348 e. The van der Waals surface area contributed by atoms with Gasteiger partial charge in [0.25, 0.3) is 11.8 Å². The number of amides is 2. The standard InChI is InChI=1S/C33H25N3O2S2/c37-31(34-20-22-9-2-1-3-10-22)27-15-6-7-16-28(27)32(38)35-25-17-18-29-30(19-25)40-33(36-29)39-21-24-13-8-12-23-11-4-5-14-26(23)24/h1-19H,20-21H2,(H,34,37)(H,35,38). The highest BCUT2D eigenvalue weighted by atomic mass is 32.2. The number of hydrogen-bond donors (Lipinski definition) is 2. The van der Waals surface area contributed by atoms with E-state index in [1.807, 2.05) is 48.5 Å². The minimum atomic E-state index is -0.333. The average molecular weight is 560 g/mol. The van der Waals surface area contributed by atoms with Crippen LogP contribution in [0.2, 0.25) is 0 Å². The molecule has 0 saturated carbocycles. The molecule has 2 amide bonds. The lowest BCUT2D eigenvalue weighted by molar-refractivity contribution is 0.0938. The third-order valence-corrected chi connectivity index (χ3v) is 8.78. The maximum atomic E-state index is 13.2. The second-order valence-corrected chi connectivity index (χ2v) is 11.5. The molecule has 0 saturated heterocycles. The molecule has 40 heavy (non-hydrogen) atoms. The molecule has 0 unspecified atom stereocenters. The van der Waals surface area contributed by atoms with Crippen LogP contribution in [-0.2, 0) is 12.3 Å². The molecule has 0 atom stereocenters. The van der Waals surface area contributed by atoms with Crippen molar-refractivity contribution in [1.29, 1.82) is 0 Å². The van der Waals surface area contributed by atoms with Gasteiger partial charge in [0.05, 0.1) is 21.3 Å². The highest BCUT2D eigenvalue weighted by Crippen LogP contribution is 2.34. The first-order chi connectivity index (χ1) is 19.6. The number of nitrogens with zero attached hydrogens (tertiary/aromatic N) is 1. The Bertz CT molecular complexity index is 1830. The first kappa shape index (κ1) is 25.8. The van der Waals surface area contributed by atoms with E-state index in [4.69, 9.17) is 4.98 Å². The smallest absolute Gasteiger partial charge is 0.256 e. The Kier molecular flexibility index (Phi) is 7.57. The molecule has 2 N–H and O–H groups in total. The van der Waals surface area contributed by atoms with Gasteiger partial charge in [-0.15, -0.1) is 11.3 Å². The van der Waals surface area contributed by atoms with Crippen LogP contribution < -0.4 is 10.6 Å². The van der Waals surface area contributed by atoms with Crippen molar-refractivity contribution in [3.63, 3.8) is 0 Å². The second kappa shape index (κ2) is 11.7. The zero-order valence-corrected chi connectivity index (χ0v) is 23.1. The molecule has 0 aliphatic carbocycles. The van der Waals surface area contributed by atoms with Gasteiger partial charge in [-0.25, -0.2) is 4.98 Å². The van der Waals surface area contributed by atoms with Crippen molar-refractivity contribution in [3.8, 4) is 0 Å². The van der Waals surface area contributed by atoms with Gasteiger partial charge in [0.2, 0.25) is 0 Å². The molecule has 0 aliphatic rings. The number of thioether (sulfide) groups is 1. The number of carbonyl (C=O) groups is 2. The number of aromatic nitrogens is 1. The van der Waals surface area contributed by atoms with Gasteiger partial charge >= 0.3 is 0 Å². The van der Waals surface area contributed by atoms with Crippen molar-refractivity contribution in [3.05, 3.63) is 138 Å². The van der Waals surface area contributed by atoms with Gasteiger partial charge in [-0.3, -0.25) is 9.59 Å². The Morgan fingerprint density at radius 3 is 2.33 bits per heavy atom. The summed E-state index contributed by atoms with van der Waals surface area (Å²) in [6.45, 7) is 0.387. The van der Waals surface area contributed by atoms with Crippen LogP contribution in [0.15, 0.2) is 120 Å². The van der Waals surface area contributed by atoms with Gasteiger partial charge in [0.15, 0.2) is 4.34 Å². The summed E-state index contributed by atoms with van der Waals surface area (Å²) in [4.78, 5) is 30.9. The van der Waals surface area contributed by atoms with Crippen molar-refractivity contribution in [2.24, 2.45) is 0 Å². The summed E-state index contributed by atoms with van der Waals surface area (Å²) < 4.78 is 1.97. The number of hydrogen-bond acceptors (Lipinski definition) is 5. The predicted molar refractivity (Wildman–Crippen MR) is 165 cm³/mol. The SMILES string of the molecule is O=C(NCc1ccccc1)c1ccccc1C(=O)Nc1ccc2nc(SCc3cccc4ccccc34)sc2c1. The first-order valence-corrected chi connectivity index (χ1v) is 14.7. The van der Waals surface area contributed by atoms with Crippen molar-refractivity contribution < 1.29 is 9.59 Å². The zero-order valence-electron chi connectivity index (χ0n) is 21.5. The molecule has 0 radical (unpaired) electrons. The van der Waals surface area contributed by atoms with Gasteiger partial charge in [-0.2, -0.15) is 0 Å². The Hall–Kier alpha value is -4.46. The predicted octanol–water partition coefficient (Wildman–Crippen LogP) is 7.92. The number of fused-ring (bicyclic) bond motifs is 2. The normalized spacial score (nSPS) is 11.0. The molecule has 0 spiro atoms. The molecule has 6 rings (SSSR count). The molecule has 0 fully saturated rings. The molecule has 196 valence electrons. The maximum Gasteiger partial charge on any atom is 0.256 e. The van der Waals surface area contributed by atoms with E-state index in [-0.39, 0.29) is 11.8 Å². The Morgan fingerprint density at radius 1 is 0.750 bits per heavy atom. The lowest BCUT2D eigenvalue weighted by Crippen LogP contribution is -2.26. The van der Waals surface area contributed by atoms with Crippen LogP contribution in [0.5, 0.6) is 0 Å². The molecule has 5 nitrogen and oxygen atoms in total. The molecule has 0 bridgehead atoms. The van der Waals surface area contributed by atoms with E-state index in [1.165, 1.54) is 16.3 Å².